The molecule has 0 aliphatic heterocycles. The Morgan fingerprint density at radius 2 is 1.95 bits per heavy atom. The van der Waals surface area contributed by atoms with Gasteiger partial charge in [-0.2, -0.15) is 0 Å². The fraction of sp³-hybridized carbons (Fsp3) is 0.529. The number of Topliss-reactive ketones (excluding diaryl/α,β-unsaturated/α-hetero) is 1. The standard InChI is InChI=1S/C17H24N2O2/c1-13(20)15-8-5-9-16(12-15)19-17(21)18-11-10-14-6-3-2-4-7-14/h5,8-9,12,14H,2-4,6-7,10-11H2,1H3,(H2,18,19,21). The van der Waals surface area contributed by atoms with Crippen LogP contribution < -0.4 is 10.6 Å². The Balaban J connectivity index is 1.73. The van der Waals surface area contributed by atoms with Crippen LogP contribution in [0.1, 0.15) is 55.8 Å². The predicted octanol–water partition coefficient (Wildman–Crippen LogP) is 3.98. The lowest BCUT2D eigenvalue weighted by atomic mass is 9.87. The minimum Gasteiger partial charge on any atom is -0.338 e. The van der Waals surface area contributed by atoms with E-state index >= 15 is 0 Å². The number of carbonyl (C=O) groups excluding carboxylic acids is 2. The summed E-state index contributed by atoms with van der Waals surface area (Å²) in [5, 5.41) is 5.66. The van der Waals surface area contributed by atoms with Gasteiger partial charge in [-0.1, -0.05) is 44.2 Å². The first-order chi connectivity index (χ1) is 10.1. The summed E-state index contributed by atoms with van der Waals surface area (Å²) in [7, 11) is 0. The number of benzene rings is 1. The van der Waals surface area contributed by atoms with E-state index in [0.717, 1.165) is 12.3 Å². The van der Waals surface area contributed by atoms with Crippen LogP contribution in [-0.2, 0) is 0 Å². The Hall–Kier alpha value is -1.84. The summed E-state index contributed by atoms with van der Waals surface area (Å²) in [6.07, 6.45) is 7.66. The minimum absolute atomic E-state index is 0.00337. The van der Waals surface area contributed by atoms with E-state index in [4.69, 9.17) is 0 Å². The van der Waals surface area contributed by atoms with Crippen molar-refractivity contribution in [3.63, 3.8) is 0 Å². The first-order valence-corrected chi connectivity index (χ1v) is 7.81. The SMILES string of the molecule is CC(=O)c1cccc(NC(=O)NCCC2CCCCC2)c1. The van der Waals surface area contributed by atoms with Crippen molar-refractivity contribution in [1.82, 2.24) is 5.32 Å². The third kappa shape index (κ3) is 5.21. The first-order valence-electron chi connectivity index (χ1n) is 7.81. The highest BCUT2D eigenvalue weighted by Crippen LogP contribution is 2.25. The summed E-state index contributed by atoms with van der Waals surface area (Å²) in [5.41, 5.74) is 1.26. The van der Waals surface area contributed by atoms with E-state index in [0.29, 0.717) is 17.8 Å². The summed E-state index contributed by atoms with van der Waals surface area (Å²) in [6, 6.07) is 6.80. The molecule has 1 aliphatic carbocycles. The molecule has 2 N–H and O–H groups in total. The molecule has 2 amide bonds. The maximum absolute atomic E-state index is 11.8. The largest absolute Gasteiger partial charge is 0.338 e. The molecule has 4 nitrogen and oxygen atoms in total. The zero-order chi connectivity index (χ0) is 15.1. The summed E-state index contributed by atoms with van der Waals surface area (Å²) >= 11 is 0. The molecule has 21 heavy (non-hydrogen) atoms. The maximum Gasteiger partial charge on any atom is 0.319 e. The number of ketones is 1. The second-order valence-electron chi connectivity index (χ2n) is 5.81. The van der Waals surface area contributed by atoms with Crippen LogP contribution in [0.3, 0.4) is 0 Å². The molecule has 0 saturated heterocycles. The molecule has 114 valence electrons. The van der Waals surface area contributed by atoms with E-state index in [9.17, 15) is 9.59 Å². The fourth-order valence-corrected chi connectivity index (χ4v) is 2.86. The molecule has 1 aliphatic rings. The van der Waals surface area contributed by atoms with Crippen molar-refractivity contribution in [2.45, 2.75) is 45.4 Å². The average molecular weight is 288 g/mol. The highest BCUT2D eigenvalue weighted by molar-refractivity contribution is 5.96. The van der Waals surface area contributed by atoms with Crippen LogP contribution in [0.2, 0.25) is 0 Å². The van der Waals surface area contributed by atoms with Crippen molar-refractivity contribution in [2.24, 2.45) is 5.92 Å². The molecule has 0 spiro atoms. The van der Waals surface area contributed by atoms with Gasteiger partial charge in [0.1, 0.15) is 0 Å². The minimum atomic E-state index is -0.202. The molecular formula is C17H24N2O2. The number of urea groups is 1. The number of anilines is 1. The lowest BCUT2D eigenvalue weighted by Gasteiger charge is -2.21. The second kappa shape index (κ2) is 7.81. The Morgan fingerprint density at radius 1 is 1.19 bits per heavy atom. The lowest BCUT2D eigenvalue weighted by Crippen LogP contribution is -2.30. The summed E-state index contributed by atoms with van der Waals surface area (Å²) in [4.78, 5) is 23.1. The van der Waals surface area contributed by atoms with Crippen molar-refractivity contribution >= 4 is 17.5 Å². The molecule has 1 aromatic rings. The molecule has 1 saturated carbocycles. The van der Waals surface area contributed by atoms with Crippen LogP contribution in [0, 0.1) is 5.92 Å². The molecule has 4 heteroatoms. The van der Waals surface area contributed by atoms with Gasteiger partial charge in [-0.25, -0.2) is 4.79 Å². The van der Waals surface area contributed by atoms with E-state index in [1.807, 2.05) is 0 Å². The molecule has 0 heterocycles. The fourth-order valence-electron chi connectivity index (χ4n) is 2.86. The monoisotopic (exact) mass is 288 g/mol. The van der Waals surface area contributed by atoms with Crippen LogP contribution in [0.15, 0.2) is 24.3 Å². The Kier molecular flexibility index (Phi) is 5.78. The highest BCUT2D eigenvalue weighted by Gasteiger charge is 2.13. The van der Waals surface area contributed by atoms with E-state index in [-0.39, 0.29) is 11.8 Å². The van der Waals surface area contributed by atoms with Crippen molar-refractivity contribution in [2.75, 3.05) is 11.9 Å². The number of carbonyl (C=O) groups is 2. The molecule has 1 fully saturated rings. The van der Waals surface area contributed by atoms with Gasteiger partial charge >= 0.3 is 6.03 Å². The zero-order valence-electron chi connectivity index (χ0n) is 12.7. The van der Waals surface area contributed by atoms with Crippen LogP contribution in [0.4, 0.5) is 10.5 Å². The van der Waals surface area contributed by atoms with Crippen molar-refractivity contribution in [3.05, 3.63) is 29.8 Å². The van der Waals surface area contributed by atoms with E-state index in [1.54, 1.807) is 24.3 Å². The topological polar surface area (TPSA) is 58.2 Å². The zero-order valence-corrected chi connectivity index (χ0v) is 12.7. The number of nitrogens with one attached hydrogen (secondary N) is 2. The lowest BCUT2D eigenvalue weighted by molar-refractivity contribution is 0.101. The molecule has 0 bridgehead atoms. The van der Waals surface area contributed by atoms with Crippen LogP contribution in [0.5, 0.6) is 0 Å². The Morgan fingerprint density at radius 3 is 2.67 bits per heavy atom. The smallest absolute Gasteiger partial charge is 0.319 e. The Labute approximate surface area is 126 Å². The number of rotatable bonds is 5. The van der Waals surface area contributed by atoms with Crippen LogP contribution >= 0.6 is 0 Å². The molecule has 0 atom stereocenters. The second-order valence-corrected chi connectivity index (χ2v) is 5.81. The van der Waals surface area contributed by atoms with Gasteiger partial charge in [0.05, 0.1) is 0 Å². The average Bonchev–Trinajstić information content (AvgIpc) is 2.48. The first kappa shape index (κ1) is 15.5. The van der Waals surface area contributed by atoms with Gasteiger partial charge in [0.2, 0.25) is 0 Å². The summed E-state index contributed by atoms with van der Waals surface area (Å²) in [5.74, 6) is 0.761. The van der Waals surface area contributed by atoms with Crippen molar-refractivity contribution in [1.29, 1.82) is 0 Å². The van der Waals surface area contributed by atoms with Crippen molar-refractivity contribution < 1.29 is 9.59 Å². The third-order valence-electron chi connectivity index (χ3n) is 4.09. The third-order valence-corrected chi connectivity index (χ3v) is 4.09. The molecule has 2 rings (SSSR count). The Bertz CT molecular complexity index is 493. The van der Waals surface area contributed by atoms with Gasteiger partial charge < -0.3 is 10.6 Å². The number of amides is 2. The molecule has 0 radical (unpaired) electrons. The normalized spacial score (nSPS) is 15.5. The van der Waals surface area contributed by atoms with E-state index < -0.39 is 0 Å². The van der Waals surface area contributed by atoms with Crippen molar-refractivity contribution in [3.8, 4) is 0 Å². The van der Waals surface area contributed by atoms with Crippen LogP contribution in [0.25, 0.3) is 0 Å². The molecular weight excluding hydrogens is 264 g/mol. The number of hydrogen-bond donors (Lipinski definition) is 2. The summed E-state index contributed by atoms with van der Waals surface area (Å²) in [6.45, 7) is 2.23. The number of hydrogen-bond acceptors (Lipinski definition) is 2. The van der Waals surface area contributed by atoms with Gasteiger partial charge in [-0.15, -0.1) is 0 Å². The van der Waals surface area contributed by atoms with Gasteiger partial charge in [0, 0.05) is 17.8 Å². The van der Waals surface area contributed by atoms with Gasteiger partial charge in [0.25, 0.3) is 0 Å². The highest BCUT2D eigenvalue weighted by atomic mass is 16.2. The quantitative estimate of drug-likeness (QED) is 0.805. The van der Waals surface area contributed by atoms with Gasteiger partial charge in [-0.05, 0) is 31.4 Å². The molecule has 0 aromatic heterocycles. The van der Waals surface area contributed by atoms with Gasteiger partial charge in [0.15, 0.2) is 5.78 Å². The predicted molar refractivity (Wildman–Crippen MR) is 84.7 cm³/mol. The van der Waals surface area contributed by atoms with Gasteiger partial charge in [-0.3, -0.25) is 4.79 Å². The molecule has 0 unspecified atom stereocenters. The summed E-state index contributed by atoms with van der Waals surface area (Å²) < 4.78 is 0. The van der Waals surface area contributed by atoms with E-state index in [1.165, 1.54) is 39.0 Å². The van der Waals surface area contributed by atoms with Crippen LogP contribution in [-0.4, -0.2) is 18.4 Å². The molecule has 1 aromatic carbocycles. The van der Waals surface area contributed by atoms with E-state index in [2.05, 4.69) is 10.6 Å². The maximum atomic E-state index is 11.8.